The molecular formula is C23H26N4OS. The first-order valence-corrected chi connectivity index (χ1v) is 10.9. The highest BCUT2D eigenvalue weighted by Crippen LogP contribution is 2.32. The van der Waals surface area contributed by atoms with Gasteiger partial charge in [-0.1, -0.05) is 36.4 Å². The number of rotatable bonds is 5. The summed E-state index contributed by atoms with van der Waals surface area (Å²) in [5, 5.41) is 4.34. The number of hydrogen-bond donors (Lipinski definition) is 1. The van der Waals surface area contributed by atoms with Gasteiger partial charge in [0.05, 0.1) is 9.88 Å². The van der Waals surface area contributed by atoms with Crippen LogP contribution in [-0.4, -0.2) is 39.9 Å². The van der Waals surface area contributed by atoms with Crippen LogP contribution in [0.3, 0.4) is 0 Å². The van der Waals surface area contributed by atoms with Crippen LogP contribution in [0, 0.1) is 13.8 Å². The average molecular weight is 407 g/mol. The smallest absolute Gasteiger partial charge is 0.274 e. The lowest BCUT2D eigenvalue weighted by molar-refractivity contribution is 0.0623. The van der Waals surface area contributed by atoms with Gasteiger partial charge in [0.25, 0.3) is 5.91 Å². The van der Waals surface area contributed by atoms with Crippen molar-refractivity contribution in [1.29, 1.82) is 0 Å². The SMILES string of the molecule is Cc1cccc(NCC2CCCCN2C(=O)c2nc(C)sc2-c2ccccc2)n1. The minimum Gasteiger partial charge on any atom is -0.368 e. The third-order valence-corrected chi connectivity index (χ3v) is 6.29. The van der Waals surface area contributed by atoms with E-state index in [-0.39, 0.29) is 11.9 Å². The third-order valence-electron chi connectivity index (χ3n) is 5.27. The van der Waals surface area contributed by atoms with Gasteiger partial charge in [0, 0.05) is 24.8 Å². The summed E-state index contributed by atoms with van der Waals surface area (Å²) < 4.78 is 0. The normalized spacial score (nSPS) is 16.6. The Morgan fingerprint density at radius 3 is 2.72 bits per heavy atom. The molecule has 0 saturated carbocycles. The van der Waals surface area contributed by atoms with Crippen LogP contribution in [0.4, 0.5) is 5.82 Å². The monoisotopic (exact) mass is 406 g/mol. The summed E-state index contributed by atoms with van der Waals surface area (Å²) in [5.74, 6) is 0.898. The molecule has 1 amide bonds. The minimum absolute atomic E-state index is 0.0388. The zero-order chi connectivity index (χ0) is 20.2. The van der Waals surface area contributed by atoms with Crippen molar-refractivity contribution in [3.05, 3.63) is 64.9 Å². The van der Waals surface area contributed by atoms with Crippen LogP contribution in [0.1, 0.15) is 40.5 Å². The molecule has 1 fully saturated rings. The molecule has 150 valence electrons. The number of carbonyl (C=O) groups excluding carboxylic acids is 1. The Hall–Kier alpha value is -2.73. The van der Waals surface area contributed by atoms with Gasteiger partial charge >= 0.3 is 0 Å². The van der Waals surface area contributed by atoms with E-state index in [2.05, 4.69) is 15.3 Å². The first-order chi connectivity index (χ1) is 14.1. The lowest BCUT2D eigenvalue weighted by Crippen LogP contribution is -2.47. The van der Waals surface area contributed by atoms with Crippen molar-refractivity contribution in [3.63, 3.8) is 0 Å². The molecule has 0 spiro atoms. The topological polar surface area (TPSA) is 58.1 Å². The van der Waals surface area contributed by atoms with E-state index in [0.29, 0.717) is 12.2 Å². The molecule has 5 nitrogen and oxygen atoms in total. The fourth-order valence-electron chi connectivity index (χ4n) is 3.84. The molecule has 0 bridgehead atoms. The van der Waals surface area contributed by atoms with Crippen LogP contribution in [0.15, 0.2) is 48.5 Å². The predicted molar refractivity (Wildman–Crippen MR) is 118 cm³/mol. The molecule has 1 unspecified atom stereocenters. The van der Waals surface area contributed by atoms with E-state index in [1.165, 1.54) is 0 Å². The highest BCUT2D eigenvalue weighted by atomic mass is 32.1. The van der Waals surface area contributed by atoms with Gasteiger partial charge < -0.3 is 10.2 Å². The zero-order valence-electron chi connectivity index (χ0n) is 16.9. The molecule has 1 saturated heterocycles. The molecule has 29 heavy (non-hydrogen) atoms. The van der Waals surface area contributed by atoms with Crippen molar-refractivity contribution >= 4 is 23.1 Å². The van der Waals surface area contributed by atoms with E-state index in [4.69, 9.17) is 0 Å². The number of anilines is 1. The fraction of sp³-hybridized carbons (Fsp3) is 0.348. The molecule has 4 rings (SSSR count). The van der Waals surface area contributed by atoms with Crippen molar-refractivity contribution < 1.29 is 4.79 Å². The molecular weight excluding hydrogens is 380 g/mol. The first kappa shape index (κ1) is 19.6. The van der Waals surface area contributed by atoms with Gasteiger partial charge in [-0.25, -0.2) is 9.97 Å². The molecule has 3 aromatic rings. The summed E-state index contributed by atoms with van der Waals surface area (Å²) in [6, 6.07) is 16.2. The Morgan fingerprint density at radius 2 is 1.93 bits per heavy atom. The molecule has 1 aliphatic rings. The maximum atomic E-state index is 13.5. The number of nitrogens with zero attached hydrogens (tertiary/aromatic N) is 3. The Bertz CT molecular complexity index is 986. The van der Waals surface area contributed by atoms with Crippen LogP contribution in [0.2, 0.25) is 0 Å². The quantitative estimate of drug-likeness (QED) is 0.653. The fourth-order valence-corrected chi connectivity index (χ4v) is 4.75. The molecule has 0 radical (unpaired) electrons. The summed E-state index contributed by atoms with van der Waals surface area (Å²) in [4.78, 5) is 25.6. The van der Waals surface area contributed by atoms with Gasteiger partial charge in [-0.3, -0.25) is 4.79 Å². The van der Waals surface area contributed by atoms with Crippen molar-refractivity contribution in [2.24, 2.45) is 0 Å². The van der Waals surface area contributed by atoms with E-state index in [1.54, 1.807) is 11.3 Å². The minimum atomic E-state index is 0.0388. The number of benzene rings is 1. The number of carbonyl (C=O) groups is 1. The number of thiazole rings is 1. The van der Waals surface area contributed by atoms with Crippen molar-refractivity contribution in [1.82, 2.24) is 14.9 Å². The second-order valence-electron chi connectivity index (χ2n) is 7.47. The van der Waals surface area contributed by atoms with Crippen LogP contribution in [0.25, 0.3) is 10.4 Å². The molecule has 1 aromatic carbocycles. The van der Waals surface area contributed by atoms with E-state index >= 15 is 0 Å². The van der Waals surface area contributed by atoms with Crippen LogP contribution in [-0.2, 0) is 0 Å². The third kappa shape index (κ3) is 4.48. The van der Waals surface area contributed by atoms with Gasteiger partial charge in [-0.2, -0.15) is 0 Å². The maximum Gasteiger partial charge on any atom is 0.274 e. The van der Waals surface area contributed by atoms with Crippen LogP contribution in [0.5, 0.6) is 0 Å². The van der Waals surface area contributed by atoms with Crippen molar-refractivity contribution in [3.8, 4) is 10.4 Å². The summed E-state index contributed by atoms with van der Waals surface area (Å²) in [6.07, 6.45) is 3.17. The Morgan fingerprint density at radius 1 is 1.10 bits per heavy atom. The molecule has 2 aromatic heterocycles. The standard InChI is InChI=1S/C23H26N4OS/c1-16-9-8-13-20(25-16)24-15-19-12-6-7-14-27(19)23(28)21-22(29-17(2)26-21)18-10-4-3-5-11-18/h3-5,8-11,13,19H,6-7,12,14-15H2,1-2H3,(H,24,25). The lowest BCUT2D eigenvalue weighted by Gasteiger charge is -2.35. The number of likely N-dealkylation sites (tertiary alicyclic amines) is 1. The number of nitrogens with one attached hydrogen (secondary N) is 1. The second-order valence-corrected chi connectivity index (χ2v) is 8.67. The van der Waals surface area contributed by atoms with Gasteiger partial charge in [0.15, 0.2) is 0 Å². The van der Waals surface area contributed by atoms with Gasteiger partial charge in [0.2, 0.25) is 0 Å². The van der Waals surface area contributed by atoms with Crippen molar-refractivity contribution in [2.45, 2.75) is 39.2 Å². The number of aromatic nitrogens is 2. The molecule has 1 aliphatic heterocycles. The Kier molecular flexibility index (Phi) is 5.90. The molecule has 1 atom stereocenters. The number of aryl methyl sites for hydroxylation is 2. The number of piperidine rings is 1. The van der Waals surface area contributed by atoms with Gasteiger partial charge in [0.1, 0.15) is 11.5 Å². The summed E-state index contributed by atoms with van der Waals surface area (Å²) in [7, 11) is 0. The van der Waals surface area contributed by atoms with E-state index < -0.39 is 0 Å². The number of amides is 1. The first-order valence-electron chi connectivity index (χ1n) is 10.1. The molecule has 3 heterocycles. The number of pyridine rings is 1. The molecule has 1 N–H and O–H groups in total. The van der Waals surface area contributed by atoms with E-state index in [0.717, 1.165) is 52.8 Å². The summed E-state index contributed by atoms with van der Waals surface area (Å²) in [5.41, 5.74) is 2.62. The maximum absolute atomic E-state index is 13.5. The van der Waals surface area contributed by atoms with Crippen LogP contribution < -0.4 is 5.32 Å². The zero-order valence-corrected chi connectivity index (χ0v) is 17.7. The Labute approximate surface area is 175 Å². The molecule has 6 heteroatoms. The number of hydrogen-bond acceptors (Lipinski definition) is 5. The van der Waals surface area contributed by atoms with E-state index in [1.807, 2.05) is 67.3 Å². The van der Waals surface area contributed by atoms with E-state index in [9.17, 15) is 4.79 Å². The van der Waals surface area contributed by atoms with Gasteiger partial charge in [-0.15, -0.1) is 11.3 Å². The van der Waals surface area contributed by atoms with Gasteiger partial charge in [-0.05, 0) is 50.8 Å². The highest BCUT2D eigenvalue weighted by Gasteiger charge is 2.30. The summed E-state index contributed by atoms with van der Waals surface area (Å²) >= 11 is 1.59. The highest BCUT2D eigenvalue weighted by molar-refractivity contribution is 7.15. The van der Waals surface area contributed by atoms with Crippen LogP contribution >= 0.6 is 11.3 Å². The Balaban J connectivity index is 1.55. The lowest BCUT2D eigenvalue weighted by atomic mass is 10.0. The second kappa shape index (κ2) is 8.74. The molecule has 0 aliphatic carbocycles. The average Bonchev–Trinajstić information content (AvgIpc) is 3.14. The largest absolute Gasteiger partial charge is 0.368 e. The van der Waals surface area contributed by atoms with Crippen molar-refractivity contribution in [2.75, 3.05) is 18.4 Å². The predicted octanol–water partition coefficient (Wildman–Crippen LogP) is 4.93. The summed E-state index contributed by atoms with van der Waals surface area (Å²) in [6.45, 7) is 5.42.